The molecule has 0 saturated carbocycles. The lowest BCUT2D eigenvalue weighted by molar-refractivity contribution is -0.122. The van der Waals surface area contributed by atoms with Crippen molar-refractivity contribution in [2.75, 3.05) is 21.9 Å². The van der Waals surface area contributed by atoms with Crippen molar-refractivity contribution >= 4 is 38.1 Å². The van der Waals surface area contributed by atoms with E-state index in [0.29, 0.717) is 11.4 Å². The minimum atomic E-state index is -3.54. The maximum Gasteiger partial charge on any atom is 0.267 e. The molecule has 6 nitrogen and oxygen atoms in total. The number of aryl methyl sites for hydroxylation is 2. The molecule has 1 atom stereocenters. The number of anilines is 2. The fourth-order valence-electron chi connectivity index (χ4n) is 4.33. The number of hydrogen-bond acceptors (Lipinski definition) is 4. The van der Waals surface area contributed by atoms with Crippen LogP contribution in [0.15, 0.2) is 54.6 Å². The molecule has 0 aromatic heterocycles. The molecule has 2 aliphatic rings. The second-order valence-electron chi connectivity index (χ2n) is 7.61. The first-order valence-electron chi connectivity index (χ1n) is 10.1. The van der Waals surface area contributed by atoms with Gasteiger partial charge >= 0.3 is 0 Å². The molecule has 0 radical (unpaired) electrons. The summed E-state index contributed by atoms with van der Waals surface area (Å²) in [7, 11) is -3.54. The number of para-hydroxylation sites is 2. The molecule has 0 fully saturated rings. The van der Waals surface area contributed by atoms with Gasteiger partial charge in [-0.2, -0.15) is 0 Å². The predicted octanol–water partition coefficient (Wildman–Crippen LogP) is 3.49. The van der Waals surface area contributed by atoms with Gasteiger partial charge in [0.2, 0.25) is 10.0 Å². The number of rotatable bonds is 4. The van der Waals surface area contributed by atoms with E-state index < -0.39 is 16.1 Å². The number of carbonyl (C=O) groups excluding carboxylic acids is 1. The highest BCUT2D eigenvalue weighted by Gasteiger charge is 2.36. The Bertz CT molecular complexity index is 1260. The van der Waals surface area contributed by atoms with Gasteiger partial charge in [0.25, 0.3) is 5.91 Å². The zero-order chi connectivity index (χ0) is 20.9. The highest BCUT2D eigenvalue weighted by Crippen LogP contribution is 2.37. The molecule has 0 unspecified atom stereocenters. The highest BCUT2D eigenvalue weighted by atomic mass is 32.2. The molecule has 0 bridgehead atoms. The van der Waals surface area contributed by atoms with Gasteiger partial charge in [-0.05, 0) is 54.5 Å². The summed E-state index contributed by atoms with van der Waals surface area (Å²) in [5.74, 6) is -0.0225. The number of fused-ring (bicyclic) bond motifs is 1. The molecule has 30 heavy (non-hydrogen) atoms. The van der Waals surface area contributed by atoms with Crippen molar-refractivity contribution in [2.45, 2.75) is 25.9 Å². The Kier molecular flexibility index (Phi) is 4.43. The number of nitrogens with zero attached hydrogens (tertiary/aromatic N) is 1. The van der Waals surface area contributed by atoms with Crippen molar-refractivity contribution in [1.29, 1.82) is 0 Å². The summed E-state index contributed by atoms with van der Waals surface area (Å²) < 4.78 is 32.4. The van der Waals surface area contributed by atoms with Crippen LogP contribution in [0, 0.1) is 0 Å². The van der Waals surface area contributed by atoms with E-state index in [1.165, 1.54) is 20.8 Å². The second kappa shape index (κ2) is 7.02. The molecule has 0 spiro atoms. The van der Waals surface area contributed by atoms with Gasteiger partial charge in [0, 0.05) is 11.1 Å². The molecule has 1 aliphatic heterocycles. The number of hydrogen-bond donors (Lipinski definition) is 1. The van der Waals surface area contributed by atoms with Crippen molar-refractivity contribution in [1.82, 2.24) is 0 Å². The van der Waals surface area contributed by atoms with Gasteiger partial charge in [-0.25, -0.2) is 8.42 Å². The third kappa shape index (κ3) is 3.01. The molecule has 0 saturated heterocycles. The van der Waals surface area contributed by atoms with E-state index in [-0.39, 0.29) is 18.2 Å². The van der Waals surface area contributed by atoms with Crippen molar-refractivity contribution < 1.29 is 17.9 Å². The van der Waals surface area contributed by atoms with Crippen LogP contribution in [-0.2, 0) is 27.7 Å². The van der Waals surface area contributed by atoms with Crippen molar-refractivity contribution in [3.63, 3.8) is 0 Å². The van der Waals surface area contributed by atoms with Gasteiger partial charge in [-0.15, -0.1) is 0 Å². The molecule has 3 aromatic rings. The van der Waals surface area contributed by atoms with Crippen LogP contribution in [0.4, 0.5) is 11.4 Å². The summed E-state index contributed by atoms with van der Waals surface area (Å²) in [4.78, 5) is 13.1. The summed E-state index contributed by atoms with van der Waals surface area (Å²) >= 11 is 0. The number of carbonyl (C=O) groups is 1. The Balaban J connectivity index is 1.47. The van der Waals surface area contributed by atoms with E-state index in [4.69, 9.17) is 4.74 Å². The monoisotopic (exact) mass is 422 g/mol. The van der Waals surface area contributed by atoms with E-state index in [1.54, 1.807) is 31.2 Å². The Labute approximate surface area is 175 Å². The number of ether oxygens (including phenoxy) is 1. The van der Waals surface area contributed by atoms with Crippen molar-refractivity contribution in [2.24, 2.45) is 0 Å². The lowest BCUT2D eigenvalue weighted by Gasteiger charge is -2.34. The summed E-state index contributed by atoms with van der Waals surface area (Å²) in [6, 6.07) is 17.0. The first-order valence-corrected chi connectivity index (χ1v) is 11.7. The first kappa shape index (κ1) is 18.9. The Hall–Kier alpha value is -3.06. The Morgan fingerprint density at radius 2 is 1.83 bits per heavy atom. The standard InChI is InChI=1S/C23H22N2O4S/c1-2-30(27,28)25-14-21(29-20-9-4-3-8-19(20)25)23(26)24-18-13-12-16-11-10-15-6-5-7-17(18)22(15)16/h3-9,12-13,21H,2,10-11,14H2,1H3,(H,24,26)/t21-/m1/s1. The van der Waals surface area contributed by atoms with Crippen molar-refractivity contribution in [3.05, 3.63) is 65.7 Å². The average molecular weight is 423 g/mol. The Morgan fingerprint density at radius 3 is 2.63 bits per heavy atom. The molecule has 1 N–H and O–H groups in total. The Morgan fingerprint density at radius 1 is 1.07 bits per heavy atom. The van der Waals surface area contributed by atoms with Crippen LogP contribution in [0.1, 0.15) is 18.1 Å². The van der Waals surface area contributed by atoms with Gasteiger partial charge in [-0.3, -0.25) is 9.10 Å². The molecule has 3 aromatic carbocycles. The molecule has 5 rings (SSSR count). The molecular formula is C23H22N2O4S. The van der Waals surface area contributed by atoms with Crippen LogP contribution in [0.25, 0.3) is 10.8 Å². The van der Waals surface area contributed by atoms with Gasteiger partial charge in [0.15, 0.2) is 6.10 Å². The van der Waals surface area contributed by atoms with Gasteiger partial charge in [0.05, 0.1) is 18.0 Å². The van der Waals surface area contributed by atoms with Gasteiger partial charge in [0.1, 0.15) is 5.75 Å². The first-order chi connectivity index (χ1) is 14.5. The largest absolute Gasteiger partial charge is 0.476 e. The molecular weight excluding hydrogens is 400 g/mol. The highest BCUT2D eigenvalue weighted by molar-refractivity contribution is 7.92. The lowest BCUT2D eigenvalue weighted by Crippen LogP contribution is -2.49. The minimum Gasteiger partial charge on any atom is -0.476 e. The molecule has 1 heterocycles. The quantitative estimate of drug-likeness (QED) is 0.698. The number of nitrogens with one attached hydrogen (secondary N) is 1. The summed E-state index contributed by atoms with van der Waals surface area (Å²) in [6.07, 6.45) is 1.08. The zero-order valence-electron chi connectivity index (χ0n) is 16.6. The third-order valence-electron chi connectivity index (χ3n) is 5.86. The van der Waals surface area contributed by atoms with E-state index >= 15 is 0 Å². The second-order valence-corrected chi connectivity index (χ2v) is 9.79. The zero-order valence-corrected chi connectivity index (χ0v) is 17.4. The van der Waals surface area contributed by atoms with Crippen LogP contribution in [0.3, 0.4) is 0 Å². The van der Waals surface area contributed by atoms with Crippen LogP contribution < -0.4 is 14.4 Å². The number of sulfonamides is 1. The SMILES string of the molecule is CCS(=O)(=O)N1C[C@H](C(=O)Nc2ccc3c4c(cccc24)CC3)Oc2ccccc21. The van der Waals surface area contributed by atoms with E-state index in [9.17, 15) is 13.2 Å². The smallest absolute Gasteiger partial charge is 0.267 e. The average Bonchev–Trinajstić information content (AvgIpc) is 3.19. The van der Waals surface area contributed by atoms with Gasteiger partial charge in [-0.1, -0.05) is 36.4 Å². The normalized spacial score (nSPS) is 17.5. The number of benzene rings is 3. The molecule has 1 aliphatic carbocycles. The van der Waals surface area contributed by atoms with Crippen LogP contribution in [0.2, 0.25) is 0 Å². The summed E-state index contributed by atoms with van der Waals surface area (Å²) in [5.41, 5.74) is 3.77. The maximum absolute atomic E-state index is 13.1. The summed E-state index contributed by atoms with van der Waals surface area (Å²) in [6.45, 7) is 1.54. The van der Waals surface area contributed by atoms with E-state index in [0.717, 1.165) is 23.9 Å². The topological polar surface area (TPSA) is 75.7 Å². The molecule has 7 heteroatoms. The molecule has 1 amide bonds. The van der Waals surface area contributed by atoms with Gasteiger partial charge < -0.3 is 10.1 Å². The van der Waals surface area contributed by atoms with Crippen molar-refractivity contribution in [3.8, 4) is 5.75 Å². The van der Waals surface area contributed by atoms with E-state index in [2.05, 4.69) is 17.4 Å². The number of amides is 1. The minimum absolute atomic E-state index is 0.0510. The van der Waals surface area contributed by atoms with Crippen LogP contribution >= 0.6 is 0 Å². The van der Waals surface area contributed by atoms with E-state index in [1.807, 2.05) is 18.2 Å². The van der Waals surface area contributed by atoms with Crippen LogP contribution in [-0.4, -0.2) is 32.7 Å². The fraction of sp³-hybridized carbons (Fsp3) is 0.261. The lowest BCUT2D eigenvalue weighted by atomic mass is 10.0. The maximum atomic E-state index is 13.1. The third-order valence-corrected chi connectivity index (χ3v) is 7.61. The fourth-order valence-corrected chi connectivity index (χ4v) is 5.45. The summed E-state index contributed by atoms with van der Waals surface area (Å²) in [5, 5.41) is 5.19. The predicted molar refractivity (Wildman–Crippen MR) is 118 cm³/mol. The molecule has 154 valence electrons. The van der Waals surface area contributed by atoms with Crippen LogP contribution in [0.5, 0.6) is 5.75 Å².